The van der Waals surface area contributed by atoms with E-state index in [2.05, 4.69) is 19.2 Å². The zero-order valence-electron chi connectivity index (χ0n) is 12.0. The molecule has 1 aromatic rings. The van der Waals surface area contributed by atoms with Gasteiger partial charge in [-0.15, -0.1) is 0 Å². The normalized spacial score (nSPS) is 21.2. The van der Waals surface area contributed by atoms with Crippen LogP contribution in [0.3, 0.4) is 0 Å². The van der Waals surface area contributed by atoms with E-state index in [1.165, 1.54) is 0 Å². The number of amides is 1. The predicted octanol–water partition coefficient (Wildman–Crippen LogP) is 1.92. The first-order chi connectivity index (χ1) is 9.44. The lowest BCUT2D eigenvalue weighted by Crippen LogP contribution is -2.40. The third-order valence-electron chi connectivity index (χ3n) is 3.28. The average molecular weight is 278 g/mol. The smallest absolute Gasteiger partial charge is 0.255 e. The summed E-state index contributed by atoms with van der Waals surface area (Å²) in [6.07, 6.45) is 1.94. The highest BCUT2D eigenvalue weighted by Gasteiger charge is 2.28. The Hall–Kier alpha value is -1.75. The molecule has 1 unspecified atom stereocenters. The third kappa shape index (κ3) is 4.42. The second-order valence-corrected chi connectivity index (χ2v) is 5.73. The molecule has 110 valence electrons. The van der Waals surface area contributed by atoms with Gasteiger partial charge in [0.2, 0.25) is 0 Å². The Kier molecular flexibility index (Phi) is 4.49. The minimum absolute atomic E-state index is 0.0873. The van der Waals surface area contributed by atoms with E-state index in [1.54, 1.807) is 0 Å². The molecule has 1 saturated heterocycles. The van der Waals surface area contributed by atoms with Crippen molar-refractivity contribution < 1.29 is 14.3 Å². The van der Waals surface area contributed by atoms with Gasteiger partial charge in [0.25, 0.3) is 5.91 Å². The zero-order valence-corrected chi connectivity index (χ0v) is 12.0. The first-order valence-corrected chi connectivity index (χ1v) is 6.86. The molecule has 1 atom stereocenters. The maximum Gasteiger partial charge on any atom is 0.255 e. The quantitative estimate of drug-likeness (QED) is 0.863. The van der Waals surface area contributed by atoms with Crippen LogP contribution in [0.1, 0.15) is 26.7 Å². The number of anilines is 1. The van der Waals surface area contributed by atoms with Crippen molar-refractivity contribution in [3.63, 3.8) is 0 Å². The van der Waals surface area contributed by atoms with E-state index in [1.807, 2.05) is 24.3 Å². The lowest BCUT2D eigenvalue weighted by molar-refractivity contribution is -0.119. The second kappa shape index (κ2) is 6.13. The lowest BCUT2D eigenvalue weighted by Gasteiger charge is -2.36. The molecule has 20 heavy (non-hydrogen) atoms. The Morgan fingerprint density at radius 3 is 3.05 bits per heavy atom. The maximum atomic E-state index is 10.7. The van der Waals surface area contributed by atoms with Gasteiger partial charge in [0.05, 0.1) is 5.60 Å². The lowest BCUT2D eigenvalue weighted by atomic mass is 9.94. The number of rotatable bonds is 5. The summed E-state index contributed by atoms with van der Waals surface area (Å²) in [5.41, 5.74) is 5.96. The van der Waals surface area contributed by atoms with Crippen LogP contribution in [0, 0.1) is 0 Å². The topological polar surface area (TPSA) is 73.6 Å². The van der Waals surface area contributed by atoms with Crippen LogP contribution >= 0.6 is 0 Å². The van der Waals surface area contributed by atoms with Crippen molar-refractivity contribution in [1.29, 1.82) is 0 Å². The second-order valence-electron chi connectivity index (χ2n) is 5.73. The maximum absolute atomic E-state index is 10.7. The van der Waals surface area contributed by atoms with Crippen molar-refractivity contribution in [2.45, 2.75) is 38.3 Å². The van der Waals surface area contributed by atoms with E-state index in [0.717, 1.165) is 25.1 Å². The van der Waals surface area contributed by atoms with Gasteiger partial charge in [-0.2, -0.15) is 0 Å². The van der Waals surface area contributed by atoms with Crippen LogP contribution in [-0.4, -0.2) is 30.8 Å². The Balaban J connectivity index is 1.95. The summed E-state index contributed by atoms with van der Waals surface area (Å²) in [5.74, 6) is 0.162. The van der Waals surface area contributed by atoms with E-state index in [9.17, 15) is 4.79 Å². The number of ether oxygens (including phenoxy) is 2. The molecule has 0 spiro atoms. The minimum atomic E-state index is -0.477. The van der Waals surface area contributed by atoms with E-state index in [-0.39, 0.29) is 12.2 Å². The van der Waals surface area contributed by atoms with Crippen molar-refractivity contribution in [2.24, 2.45) is 5.73 Å². The average Bonchev–Trinajstić information content (AvgIpc) is 2.35. The van der Waals surface area contributed by atoms with E-state index >= 15 is 0 Å². The molecule has 2 rings (SSSR count). The number of nitrogens with two attached hydrogens (primary N) is 1. The Morgan fingerprint density at radius 2 is 2.35 bits per heavy atom. The molecular formula is C15H22N2O3. The first-order valence-electron chi connectivity index (χ1n) is 6.86. The monoisotopic (exact) mass is 278 g/mol. The standard InChI is InChI=1S/C15H22N2O3/c1-15(2)9-12(6-7-20-15)17-11-4-3-5-13(8-11)19-10-14(16)18/h3-5,8,12,17H,6-7,9-10H2,1-2H3,(H2,16,18). The van der Waals surface area contributed by atoms with Crippen LogP contribution in [0.25, 0.3) is 0 Å². The van der Waals surface area contributed by atoms with Crippen LogP contribution in [0.4, 0.5) is 5.69 Å². The predicted molar refractivity (Wildman–Crippen MR) is 77.8 cm³/mol. The summed E-state index contributed by atoms with van der Waals surface area (Å²) >= 11 is 0. The third-order valence-corrected chi connectivity index (χ3v) is 3.28. The van der Waals surface area contributed by atoms with E-state index < -0.39 is 5.91 Å². The molecule has 1 aliphatic rings. The summed E-state index contributed by atoms with van der Waals surface area (Å²) in [4.78, 5) is 10.7. The van der Waals surface area contributed by atoms with Crippen LogP contribution in [0.15, 0.2) is 24.3 Å². The number of benzene rings is 1. The number of carbonyl (C=O) groups excluding carboxylic acids is 1. The first kappa shape index (κ1) is 14.7. The molecule has 0 bridgehead atoms. The number of primary amides is 1. The van der Waals surface area contributed by atoms with Gasteiger partial charge in [0, 0.05) is 24.4 Å². The fourth-order valence-electron chi connectivity index (χ4n) is 2.42. The van der Waals surface area contributed by atoms with Crippen molar-refractivity contribution in [3.8, 4) is 5.75 Å². The fourth-order valence-corrected chi connectivity index (χ4v) is 2.42. The molecule has 5 heteroatoms. The number of hydrogen-bond acceptors (Lipinski definition) is 4. The highest BCUT2D eigenvalue weighted by molar-refractivity contribution is 5.75. The number of hydrogen-bond donors (Lipinski definition) is 2. The fraction of sp³-hybridized carbons (Fsp3) is 0.533. The van der Waals surface area contributed by atoms with Gasteiger partial charge in [0.1, 0.15) is 5.75 Å². The molecule has 0 aliphatic carbocycles. The Morgan fingerprint density at radius 1 is 1.55 bits per heavy atom. The summed E-state index contributed by atoms with van der Waals surface area (Å²) < 4.78 is 11.0. The Bertz CT molecular complexity index is 474. The molecule has 1 aromatic carbocycles. The van der Waals surface area contributed by atoms with Crippen LogP contribution < -0.4 is 15.8 Å². The molecule has 1 fully saturated rings. The minimum Gasteiger partial charge on any atom is -0.484 e. The molecule has 1 amide bonds. The van der Waals surface area contributed by atoms with Gasteiger partial charge in [-0.25, -0.2) is 0 Å². The van der Waals surface area contributed by atoms with E-state index in [0.29, 0.717) is 11.8 Å². The van der Waals surface area contributed by atoms with Crippen LogP contribution in [0.5, 0.6) is 5.75 Å². The molecule has 1 aliphatic heterocycles. The molecule has 0 saturated carbocycles. The van der Waals surface area contributed by atoms with Crippen molar-refractivity contribution in [1.82, 2.24) is 0 Å². The molecule has 5 nitrogen and oxygen atoms in total. The highest BCUT2D eigenvalue weighted by Crippen LogP contribution is 2.27. The van der Waals surface area contributed by atoms with Gasteiger partial charge < -0.3 is 20.5 Å². The van der Waals surface area contributed by atoms with Gasteiger partial charge in [0.15, 0.2) is 6.61 Å². The molecule has 3 N–H and O–H groups in total. The number of nitrogens with one attached hydrogen (secondary N) is 1. The number of carbonyl (C=O) groups is 1. The van der Waals surface area contributed by atoms with Crippen LogP contribution in [0.2, 0.25) is 0 Å². The van der Waals surface area contributed by atoms with Crippen molar-refractivity contribution in [3.05, 3.63) is 24.3 Å². The Labute approximate surface area is 119 Å². The SMILES string of the molecule is CC1(C)CC(Nc2cccc(OCC(N)=O)c2)CCO1. The molecule has 1 heterocycles. The molecular weight excluding hydrogens is 256 g/mol. The molecule has 0 aromatic heterocycles. The summed E-state index contributed by atoms with van der Waals surface area (Å²) in [7, 11) is 0. The van der Waals surface area contributed by atoms with Crippen molar-refractivity contribution >= 4 is 11.6 Å². The summed E-state index contributed by atoms with van der Waals surface area (Å²) in [5, 5.41) is 3.49. The summed E-state index contributed by atoms with van der Waals surface area (Å²) in [6, 6.07) is 7.95. The van der Waals surface area contributed by atoms with E-state index in [4.69, 9.17) is 15.2 Å². The van der Waals surface area contributed by atoms with Gasteiger partial charge in [-0.1, -0.05) is 6.07 Å². The highest BCUT2D eigenvalue weighted by atomic mass is 16.5. The van der Waals surface area contributed by atoms with Gasteiger partial charge in [-0.05, 0) is 38.8 Å². The van der Waals surface area contributed by atoms with Gasteiger partial charge >= 0.3 is 0 Å². The van der Waals surface area contributed by atoms with Gasteiger partial charge in [-0.3, -0.25) is 4.79 Å². The molecule has 0 radical (unpaired) electrons. The van der Waals surface area contributed by atoms with Crippen molar-refractivity contribution in [2.75, 3.05) is 18.5 Å². The zero-order chi connectivity index (χ0) is 14.6. The summed E-state index contributed by atoms with van der Waals surface area (Å²) in [6.45, 7) is 4.87. The largest absolute Gasteiger partial charge is 0.484 e. The van der Waals surface area contributed by atoms with Crippen LogP contribution in [-0.2, 0) is 9.53 Å².